The molecule has 2 saturated heterocycles. The summed E-state index contributed by atoms with van der Waals surface area (Å²) in [5.74, 6) is -1.15. The topological polar surface area (TPSA) is 147 Å². The SMILES string of the molecule is CCCN(CCC)[C@@H]1C[C@@H](C(=O)NC(C#N)C[C@@H]2CCNC2=O)N(C(=O)[C@@H](NC(=O)NC(C)(C)C)C(C)(C)C)C1. The molecule has 2 rings (SSSR count). The first-order valence-electron chi connectivity index (χ1n) is 14.7. The number of rotatable bonds is 11. The van der Waals surface area contributed by atoms with Crippen molar-refractivity contribution in [3.63, 3.8) is 0 Å². The number of amides is 5. The smallest absolute Gasteiger partial charge is 0.315 e. The van der Waals surface area contributed by atoms with E-state index in [9.17, 15) is 24.4 Å². The fourth-order valence-electron chi connectivity index (χ4n) is 5.51. The number of nitrogens with zero attached hydrogens (tertiary/aromatic N) is 3. The highest BCUT2D eigenvalue weighted by Crippen LogP contribution is 2.29. The maximum Gasteiger partial charge on any atom is 0.315 e. The summed E-state index contributed by atoms with van der Waals surface area (Å²) in [5, 5.41) is 21.1. The zero-order valence-corrected chi connectivity index (χ0v) is 25.7. The maximum absolute atomic E-state index is 14.1. The van der Waals surface area contributed by atoms with Gasteiger partial charge in [0.25, 0.3) is 0 Å². The monoisotopic (exact) mass is 561 g/mol. The van der Waals surface area contributed by atoms with Crippen LogP contribution in [0.15, 0.2) is 0 Å². The van der Waals surface area contributed by atoms with Gasteiger partial charge < -0.3 is 26.2 Å². The fourth-order valence-corrected chi connectivity index (χ4v) is 5.51. The summed E-state index contributed by atoms with van der Waals surface area (Å²) in [4.78, 5) is 56.6. The molecule has 2 aliphatic heterocycles. The molecule has 0 aromatic heterocycles. The minimum atomic E-state index is -0.872. The van der Waals surface area contributed by atoms with E-state index in [4.69, 9.17) is 0 Å². The second-order valence-electron chi connectivity index (χ2n) is 13.3. The van der Waals surface area contributed by atoms with Crippen LogP contribution in [0.4, 0.5) is 4.79 Å². The summed E-state index contributed by atoms with van der Waals surface area (Å²) in [7, 11) is 0. The van der Waals surface area contributed by atoms with Gasteiger partial charge in [-0.2, -0.15) is 5.26 Å². The summed E-state index contributed by atoms with van der Waals surface area (Å²) in [5.41, 5.74) is -1.11. The molecule has 0 bridgehead atoms. The predicted molar refractivity (Wildman–Crippen MR) is 154 cm³/mol. The van der Waals surface area contributed by atoms with Gasteiger partial charge in [0, 0.05) is 30.6 Å². The normalized spacial score (nSPS) is 22.9. The van der Waals surface area contributed by atoms with Crippen molar-refractivity contribution in [3.05, 3.63) is 0 Å². The van der Waals surface area contributed by atoms with Crippen LogP contribution in [0, 0.1) is 22.7 Å². The molecular formula is C29H51N7O4. The van der Waals surface area contributed by atoms with Crippen LogP contribution in [0.1, 0.15) is 87.5 Å². The molecule has 5 atom stereocenters. The molecule has 0 radical (unpaired) electrons. The highest BCUT2D eigenvalue weighted by atomic mass is 16.2. The van der Waals surface area contributed by atoms with E-state index in [1.165, 1.54) is 0 Å². The highest BCUT2D eigenvalue weighted by Gasteiger charge is 2.46. The molecule has 11 heteroatoms. The largest absolute Gasteiger partial charge is 0.356 e. The molecule has 1 unspecified atom stereocenters. The van der Waals surface area contributed by atoms with Gasteiger partial charge in [0.2, 0.25) is 17.7 Å². The lowest BCUT2D eigenvalue weighted by Crippen LogP contribution is -2.60. The van der Waals surface area contributed by atoms with Crippen molar-refractivity contribution in [1.29, 1.82) is 5.26 Å². The Bertz CT molecular complexity index is 943. The van der Waals surface area contributed by atoms with Crippen molar-refractivity contribution in [2.75, 3.05) is 26.2 Å². The Morgan fingerprint density at radius 1 is 1.10 bits per heavy atom. The lowest BCUT2D eigenvalue weighted by molar-refractivity contribution is -0.142. The van der Waals surface area contributed by atoms with E-state index < -0.39 is 41.0 Å². The van der Waals surface area contributed by atoms with Crippen molar-refractivity contribution in [2.45, 2.75) is 117 Å². The van der Waals surface area contributed by atoms with E-state index in [0.29, 0.717) is 25.9 Å². The van der Waals surface area contributed by atoms with Crippen LogP contribution < -0.4 is 21.3 Å². The van der Waals surface area contributed by atoms with Gasteiger partial charge in [0.1, 0.15) is 18.1 Å². The average molecular weight is 562 g/mol. The van der Waals surface area contributed by atoms with Gasteiger partial charge >= 0.3 is 6.03 Å². The molecule has 5 amide bonds. The zero-order chi connectivity index (χ0) is 30.3. The summed E-state index contributed by atoms with van der Waals surface area (Å²) in [6.45, 7) is 18.1. The molecule has 0 aromatic rings. The van der Waals surface area contributed by atoms with Gasteiger partial charge in [-0.05, 0) is 71.4 Å². The van der Waals surface area contributed by atoms with Gasteiger partial charge in [-0.1, -0.05) is 34.6 Å². The molecule has 0 spiro atoms. The molecule has 2 heterocycles. The van der Waals surface area contributed by atoms with Crippen molar-refractivity contribution in [3.8, 4) is 6.07 Å². The quantitative estimate of drug-likeness (QED) is 0.304. The Kier molecular flexibility index (Phi) is 11.8. The molecule has 0 aliphatic carbocycles. The second-order valence-corrected chi connectivity index (χ2v) is 13.3. The third-order valence-corrected chi connectivity index (χ3v) is 7.44. The number of nitriles is 1. The molecule has 226 valence electrons. The Balaban J connectivity index is 2.33. The van der Waals surface area contributed by atoms with Gasteiger partial charge in [-0.3, -0.25) is 19.3 Å². The predicted octanol–water partition coefficient (Wildman–Crippen LogP) is 2.12. The Labute approximate surface area is 240 Å². The number of carbonyl (C=O) groups is 4. The van der Waals surface area contributed by atoms with Crippen LogP contribution in [0.3, 0.4) is 0 Å². The summed E-state index contributed by atoms with van der Waals surface area (Å²) >= 11 is 0. The van der Waals surface area contributed by atoms with Crippen molar-refractivity contribution < 1.29 is 19.2 Å². The number of carbonyl (C=O) groups excluding carboxylic acids is 4. The Morgan fingerprint density at radius 3 is 2.20 bits per heavy atom. The highest BCUT2D eigenvalue weighted by molar-refractivity contribution is 5.93. The number of urea groups is 1. The Hall–Kier alpha value is -2.87. The number of nitrogens with one attached hydrogen (secondary N) is 4. The third-order valence-electron chi connectivity index (χ3n) is 7.44. The standard InChI is InChI=1S/C29H51N7O4/c1-9-13-35(14-10-2)21-16-22(25(38)32-20(17-30)15-19-11-12-31-24(19)37)36(18-21)26(39)23(28(3,4)5)33-27(40)34-29(6,7)8/h19-23H,9-16,18H2,1-8H3,(H,31,37)(H,32,38)(H2,33,34,40)/t19-,20?,21+,22-,23+/m0/s1. The average Bonchev–Trinajstić information content (AvgIpc) is 3.46. The van der Waals surface area contributed by atoms with Crippen LogP contribution in [0.2, 0.25) is 0 Å². The molecule has 0 aromatic carbocycles. The minimum Gasteiger partial charge on any atom is -0.356 e. The summed E-state index contributed by atoms with van der Waals surface area (Å²) in [6, 6.07) is -0.849. The van der Waals surface area contributed by atoms with E-state index in [1.54, 1.807) is 4.90 Å². The van der Waals surface area contributed by atoms with E-state index in [0.717, 1.165) is 25.9 Å². The first-order chi connectivity index (χ1) is 18.6. The summed E-state index contributed by atoms with van der Waals surface area (Å²) < 4.78 is 0. The van der Waals surface area contributed by atoms with Crippen LogP contribution >= 0.6 is 0 Å². The van der Waals surface area contributed by atoms with Crippen LogP contribution in [-0.2, 0) is 14.4 Å². The molecule has 11 nitrogen and oxygen atoms in total. The Morgan fingerprint density at radius 2 is 1.73 bits per heavy atom. The fraction of sp³-hybridized carbons (Fsp3) is 0.828. The number of hydrogen-bond acceptors (Lipinski definition) is 6. The lowest BCUT2D eigenvalue weighted by atomic mass is 9.85. The lowest BCUT2D eigenvalue weighted by Gasteiger charge is -2.36. The van der Waals surface area contributed by atoms with E-state index in [-0.39, 0.29) is 30.2 Å². The van der Waals surface area contributed by atoms with Gasteiger partial charge in [0.15, 0.2) is 0 Å². The zero-order valence-electron chi connectivity index (χ0n) is 25.7. The van der Waals surface area contributed by atoms with Gasteiger partial charge in [-0.25, -0.2) is 4.79 Å². The molecular weight excluding hydrogens is 510 g/mol. The number of likely N-dealkylation sites (tertiary alicyclic amines) is 1. The van der Waals surface area contributed by atoms with Crippen LogP contribution in [0.5, 0.6) is 0 Å². The number of hydrogen-bond donors (Lipinski definition) is 4. The minimum absolute atomic E-state index is 0.0234. The molecule has 2 fully saturated rings. The molecule has 2 aliphatic rings. The second kappa shape index (κ2) is 14.2. The van der Waals surface area contributed by atoms with Crippen LogP contribution in [0.25, 0.3) is 0 Å². The van der Waals surface area contributed by atoms with E-state index in [2.05, 4.69) is 46.1 Å². The molecule has 40 heavy (non-hydrogen) atoms. The van der Waals surface area contributed by atoms with Crippen molar-refractivity contribution in [1.82, 2.24) is 31.1 Å². The maximum atomic E-state index is 14.1. The first-order valence-corrected chi connectivity index (χ1v) is 14.7. The van der Waals surface area contributed by atoms with E-state index >= 15 is 0 Å². The molecule has 0 saturated carbocycles. The summed E-state index contributed by atoms with van der Waals surface area (Å²) in [6.07, 6.45) is 3.18. The molecule has 4 N–H and O–H groups in total. The first kappa shape index (κ1) is 33.3. The van der Waals surface area contributed by atoms with Crippen LogP contribution in [-0.4, -0.2) is 89.4 Å². The van der Waals surface area contributed by atoms with Gasteiger partial charge in [-0.15, -0.1) is 0 Å². The van der Waals surface area contributed by atoms with Gasteiger partial charge in [0.05, 0.1) is 6.07 Å². The van der Waals surface area contributed by atoms with E-state index in [1.807, 2.05) is 41.5 Å². The third kappa shape index (κ3) is 9.36. The van der Waals surface area contributed by atoms with Crippen molar-refractivity contribution in [2.24, 2.45) is 11.3 Å². The van der Waals surface area contributed by atoms with Crippen molar-refractivity contribution >= 4 is 23.8 Å².